The van der Waals surface area contributed by atoms with E-state index in [0.717, 1.165) is 0 Å². The molecule has 1 fully saturated rings. The van der Waals surface area contributed by atoms with Crippen molar-refractivity contribution in [2.24, 2.45) is 11.1 Å². The Morgan fingerprint density at radius 1 is 1.39 bits per heavy atom. The molecule has 0 radical (unpaired) electrons. The van der Waals surface area contributed by atoms with E-state index >= 15 is 0 Å². The highest BCUT2D eigenvalue weighted by atomic mass is 79.9. The fourth-order valence-electron chi connectivity index (χ4n) is 4.06. The lowest BCUT2D eigenvalue weighted by atomic mass is 9.94. The van der Waals surface area contributed by atoms with Crippen molar-refractivity contribution in [3.8, 4) is 0 Å². The van der Waals surface area contributed by atoms with Crippen molar-refractivity contribution in [2.75, 3.05) is 11.9 Å². The monoisotopic (exact) mass is 597 g/mol. The maximum atomic E-state index is 13.3. The third-order valence-electron chi connectivity index (χ3n) is 6.00. The maximum absolute atomic E-state index is 13.3. The van der Waals surface area contributed by atoms with E-state index in [1.807, 2.05) is 0 Å². The van der Waals surface area contributed by atoms with E-state index in [9.17, 15) is 23.4 Å². The molecule has 4 rings (SSSR count). The number of hydrogen-bond donors (Lipinski definition) is 4. The van der Waals surface area contributed by atoms with Crippen molar-refractivity contribution in [1.29, 1.82) is 0 Å². The summed E-state index contributed by atoms with van der Waals surface area (Å²) in [6.07, 6.45) is 2.59. The van der Waals surface area contributed by atoms with Crippen molar-refractivity contribution in [2.45, 2.75) is 37.5 Å². The Balaban J connectivity index is 1.50. The summed E-state index contributed by atoms with van der Waals surface area (Å²) in [6, 6.07) is 6.56. The highest BCUT2D eigenvalue weighted by Gasteiger charge is 2.35. The number of aliphatic hydroxyl groups is 2. The molecule has 36 heavy (non-hydrogen) atoms. The fraction of sp³-hybridized carbons (Fsp3) is 0.364. The number of pyridine rings is 1. The Hall–Kier alpha value is -2.33. The summed E-state index contributed by atoms with van der Waals surface area (Å²) in [7, 11) is -4.11. The zero-order valence-electron chi connectivity index (χ0n) is 19.0. The standard InChI is InChI=1S/C22H24BrN5O6S2/c1-22(31,18-3-2-4-19(23)28-18)13-6-17(35-10-13)20(30)15-8-25-11-26-21(15)27-14-5-12(16(29)7-14)9-34-36(24,32)33/h2-4,6,8,10-12,14,16,29,31H,5,7,9H2,1H3,(H2,24,32,33)(H,25,26,27)/t12-,14-,16+,22?/m1/s1. The smallest absolute Gasteiger partial charge is 0.333 e. The molecule has 192 valence electrons. The molecule has 0 saturated heterocycles. The molecule has 1 unspecified atom stereocenters. The highest BCUT2D eigenvalue weighted by Crippen LogP contribution is 2.34. The zero-order chi connectivity index (χ0) is 26.1. The van der Waals surface area contributed by atoms with E-state index in [4.69, 9.17) is 5.14 Å². The molecule has 1 saturated carbocycles. The van der Waals surface area contributed by atoms with E-state index in [1.54, 1.807) is 36.6 Å². The summed E-state index contributed by atoms with van der Waals surface area (Å²) in [5.41, 5.74) is -0.240. The first-order valence-corrected chi connectivity index (χ1v) is 14.0. The SMILES string of the molecule is CC(O)(c1csc(C(=O)c2cncnc2N[C@@H]2C[C@H](COS(N)(=O)=O)[C@@H](O)C2)c1)c1cccc(Br)n1. The minimum Gasteiger partial charge on any atom is -0.393 e. The molecule has 11 nitrogen and oxygen atoms in total. The summed E-state index contributed by atoms with van der Waals surface area (Å²) in [5, 5.41) is 31.2. The van der Waals surface area contributed by atoms with Crippen molar-refractivity contribution in [3.63, 3.8) is 0 Å². The van der Waals surface area contributed by atoms with Gasteiger partial charge in [-0.25, -0.2) is 20.1 Å². The number of nitrogens with two attached hydrogens (primary N) is 1. The normalized spacial score (nSPS) is 21.8. The lowest BCUT2D eigenvalue weighted by Gasteiger charge is -2.21. The molecule has 3 aromatic rings. The van der Waals surface area contributed by atoms with Crippen LogP contribution in [0.2, 0.25) is 0 Å². The summed E-state index contributed by atoms with van der Waals surface area (Å²) in [5.74, 6) is -0.494. The highest BCUT2D eigenvalue weighted by molar-refractivity contribution is 9.10. The number of halogens is 1. The molecule has 3 aromatic heterocycles. The van der Waals surface area contributed by atoms with Crippen LogP contribution in [-0.4, -0.2) is 58.1 Å². The number of nitrogens with one attached hydrogen (secondary N) is 1. The lowest BCUT2D eigenvalue weighted by Crippen LogP contribution is -2.24. The van der Waals surface area contributed by atoms with Gasteiger partial charge in [0.25, 0.3) is 0 Å². The molecular weight excluding hydrogens is 574 g/mol. The summed E-state index contributed by atoms with van der Waals surface area (Å²) < 4.78 is 27.3. The Labute approximate surface area is 220 Å². The second-order valence-electron chi connectivity index (χ2n) is 8.65. The molecule has 0 aromatic carbocycles. The molecule has 0 amide bonds. The van der Waals surface area contributed by atoms with Gasteiger partial charge in [0, 0.05) is 23.7 Å². The minimum atomic E-state index is -4.11. The van der Waals surface area contributed by atoms with Crippen LogP contribution >= 0.6 is 27.3 Å². The molecule has 1 aliphatic carbocycles. The van der Waals surface area contributed by atoms with E-state index in [0.29, 0.717) is 33.6 Å². The molecule has 0 aliphatic heterocycles. The van der Waals surface area contributed by atoms with Crippen molar-refractivity contribution >= 4 is 49.2 Å². The number of carbonyl (C=O) groups excluding carboxylic acids is 1. The molecule has 3 heterocycles. The van der Waals surface area contributed by atoms with E-state index in [2.05, 4.69) is 40.4 Å². The van der Waals surface area contributed by atoms with Crippen LogP contribution in [0.5, 0.6) is 0 Å². The molecule has 0 bridgehead atoms. The van der Waals surface area contributed by atoms with Gasteiger partial charge in [0.1, 0.15) is 22.3 Å². The van der Waals surface area contributed by atoms with Crippen molar-refractivity contribution in [3.05, 3.63) is 68.5 Å². The minimum absolute atomic E-state index is 0.227. The topological polar surface area (TPSA) is 178 Å². The number of nitrogens with zero attached hydrogens (tertiary/aromatic N) is 3. The van der Waals surface area contributed by atoms with Gasteiger partial charge in [0.05, 0.1) is 28.8 Å². The van der Waals surface area contributed by atoms with Crippen molar-refractivity contribution in [1.82, 2.24) is 15.0 Å². The number of hydrogen-bond acceptors (Lipinski definition) is 11. The number of aliphatic hydroxyl groups excluding tert-OH is 1. The summed E-state index contributed by atoms with van der Waals surface area (Å²) in [6.45, 7) is 1.37. The summed E-state index contributed by atoms with van der Waals surface area (Å²) >= 11 is 4.49. The molecular formula is C22H24BrN5O6S2. The first-order chi connectivity index (χ1) is 16.9. The number of aromatic nitrogens is 3. The van der Waals surface area contributed by atoms with Crippen LogP contribution in [0.1, 0.15) is 46.3 Å². The third kappa shape index (κ3) is 6.14. The van der Waals surface area contributed by atoms with Gasteiger partial charge in [-0.3, -0.25) is 8.98 Å². The van der Waals surface area contributed by atoms with Crippen LogP contribution in [0.15, 0.2) is 46.8 Å². The first kappa shape index (κ1) is 26.7. The lowest BCUT2D eigenvalue weighted by molar-refractivity contribution is 0.0974. The Bertz CT molecular complexity index is 1370. The van der Waals surface area contributed by atoms with Crippen LogP contribution in [0.4, 0.5) is 5.82 Å². The molecule has 5 N–H and O–H groups in total. The van der Waals surface area contributed by atoms with E-state index in [-0.39, 0.29) is 29.8 Å². The number of ketones is 1. The largest absolute Gasteiger partial charge is 0.393 e. The second kappa shape index (κ2) is 10.6. The molecule has 1 aliphatic rings. The average molecular weight is 599 g/mol. The van der Waals surface area contributed by atoms with E-state index in [1.165, 1.54) is 23.9 Å². The van der Waals surface area contributed by atoms with Gasteiger partial charge < -0.3 is 15.5 Å². The number of thiophene rings is 1. The Kier molecular flexibility index (Phi) is 7.85. The number of anilines is 1. The molecule has 4 atom stereocenters. The number of carbonyl (C=O) groups is 1. The average Bonchev–Trinajstić information content (AvgIpc) is 3.44. The van der Waals surface area contributed by atoms with E-state index < -0.39 is 27.9 Å². The van der Waals surface area contributed by atoms with Crippen molar-refractivity contribution < 1.29 is 27.6 Å². The van der Waals surface area contributed by atoms with Gasteiger partial charge in [0.15, 0.2) is 0 Å². The van der Waals surface area contributed by atoms with Gasteiger partial charge in [0.2, 0.25) is 5.78 Å². The third-order valence-corrected chi connectivity index (χ3v) is 7.84. The van der Waals surface area contributed by atoms with Crippen LogP contribution in [0.3, 0.4) is 0 Å². The van der Waals surface area contributed by atoms with Crippen LogP contribution in [-0.2, 0) is 20.1 Å². The van der Waals surface area contributed by atoms with Crippen LogP contribution in [0, 0.1) is 5.92 Å². The van der Waals surface area contributed by atoms with Gasteiger partial charge >= 0.3 is 10.3 Å². The Morgan fingerprint density at radius 2 is 2.17 bits per heavy atom. The predicted molar refractivity (Wildman–Crippen MR) is 136 cm³/mol. The van der Waals surface area contributed by atoms with Gasteiger partial charge in [-0.1, -0.05) is 6.07 Å². The fourth-order valence-corrected chi connectivity index (χ4v) is 5.73. The predicted octanol–water partition coefficient (Wildman–Crippen LogP) is 1.95. The maximum Gasteiger partial charge on any atom is 0.333 e. The zero-order valence-corrected chi connectivity index (χ0v) is 22.3. The Morgan fingerprint density at radius 3 is 2.89 bits per heavy atom. The van der Waals surface area contributed by atoms with Crippen LogP contribution < -0.4 is 10.5 Å². The van der Waals surface area contributed by atoms with Crippen LogP contribution in [0.25, 0.3) is 0 Å². The summed E-state index contributed by atoms with van der Waals surface area (Å²) in [4.78, 5) is 26.2. The first-order valence-electron chi connectivity index (χ1n) is 10.8. The molecule has 0 spiro atoms. The molecule has 14 heteroatoms. The number of rotatable bonds is 9. The van der Waals surface area contributed by atoms with Gasteiger partial charge in [-0.15, -0.1) is 11.3 Å². The quantitative estimate of drug-likeness (QED) is 0.210. The van der Waals surface area contributed by atoms with Gasteiger partial charge in [-0.05, 0) is 59.3 Å². The second-order valence-corrected chi connectivity index (χ2v) is 11.6. The van der Waals surface area contributed by atoms with Gasteiger partial charge in [-0.2, -0.15) is 8.42 Å².